The Hall–Kier alpha value is -0.120. The van der Waals surface area contributed by atoms with E-state index in [2.05, 4.69) is 4.90 Å². The maximum absolute atomic E-state index is 5.35. The first-order valence-electron chi connectivity index (χ1n) is 4.41. The van der Waals surface area contributed by atoms with Gasteiger partial charge in [-0.2, -0.15) is 0 Å². The summed E-state index contributed by atoms with van der Waals surface area (Å²) in [5.74, 6) is 0. The highest BCUT2D eigenvalue weighted by Crippen LogP contribution is 2.11. The third-order valence-electron chi connectivity index (χ3n) is 2.30. The number of hydrogen-bond donors (Lipinski definition) is 0. The van der Waals surface area contributed by atoms with E-state index in [0.29, 0.717) is 0 Å². The van der Waals surface area contributed by atoms with Gasteiger partial charge in [0.15, 0.2) is 6.29 Å². The minimum atomic E-state index is 0.0631. The van der Waals surface area contributed by atoms with Crippen LogP contribution in [0.15, 0.2) is 0 Å². The Morgan fingerprint density at radius 2 is 1.73 bits per heavy atom. The number of hydrogen-bond acceptors (Lipinski definition) is 3. The number of nitrogens with zero attached hydrogens (tertiary/aromatic N) is 1. The molecule has 0 saturated carbocycles. The first-order valence-corrected chi connectivity index (χ1v) is 4.41. The Morgan fingerprint density at radius 3 is 2.36 bits per heavy atom. The lowest BCUT2D eigenvalue weighted by Gasteiger charge is -2.17. The third-order valence-corrected chi connectivity index (χ3v) is 2.30. The average Bonchev–Trinajstić information content (AvgIpc) is 2.60. The van der Waals surface area contributed by atoms with Gasteiger partial charge in [0.2, 0.25) is 0 Å². The predicted octanol–water partition coefficient (Wildman–Crippen LogP) is 0.455. The quantitative estimate of drug-likeness (QED) is 0.581. The Bertz CT molecular complexity index is 103. The summed E-state index contributed by atoms with van der Waals surface area (Å²) in [6.45, 7) is 4.98. The molecule has 2 aliphatic heterocycles. The van der Waals surface area contributed by atoms with E-state index in [1.165, 1.54) is 25.9 Å². The fraction of sp³-hybridized carbons (Fsp3) is 1.00. The summed E-state index contributed by atoms with van der Waals surface area (Å²) in [4.78, 5) is 2.41. The molecule has 3 nitrogen and oxygen atoms in total. The van der Waals surface area contributed by atoms with Gasteiger partial charge in [0.05, 0.1) is 13.2 Å². The van der Waals surface area contributed by atoms with Crippen LogP contribution in [-0.4, -0.2) is 44.0 Å². The Balaban J connectivity index is 1.71. The van der Waals surface area contributed by atoms with Crippen molar-refractivity contribution in [2.75, 3.05) is 32.8 Å². The molecule has 11 heavy (non-hydrogen) atoms. The minimum Gasteiger partial charge on any atom is -0.349 e. The van der Waals surface area contributed by atoms with Crippen molar-refractivity contribution in [3.63, 3.8) is 0 Å². The molecule has 0 aromatic rings. The SMILES string of the molecule is C1CCN(CC2OCCO2)C1. The van der Waals surface area contributed by atoms with E-state index in [0.717, 1.165) is 19.8 Å². The highest BCUT2D eigenvalue weighted by Gasteiger charge is 2.21. The van der Waals surface area contributed by atoms with Crippen molar-refractivity contribution in [3.8, 4) is 0 Å². The van der Waals surface area contributed by atoms with Crippen molar-refractivity contribution in [2.45, 2.75) is 19.1 Å². The molecule has 0 atom stereocenters. The van der Waals surface area contributed by atoms with Gasteiger partial charge in [-0.15, -0.1) is 0 Å². The van der Waals surface area contributed by atoms with Crippen LogP contribution in [0, 0.1) is 0 Å². The summed E-state index contributed by atoms with van der Waals surface area (Å²) in [6.07, 6.45) is 2.74. The van der Waals surface area contributed by atoms with E-state index in [9.17, 15) is 0 Å². The Morgan fingerprint density at radius 1 is 1.09 bits per heavy atom. The molecule has 64 valence electrons. The van der Waals surface area contributed by atoms with E-state index < -0.39 is 0 Å². The van der Waals surface area contributed by atoms with Gasteiger partial charge in [0.1, 0.15) is 0 Å². The van der Waals surface area contributed by atoms with Gasteiger partial charge in [-0.1, -0.05) is 0 Å². The second-order valence-corrected chi connectivity index (χ2v) is 3.18. The standard InChI is InChI=1S/C8H15NO2/c1-2-4-9(3-1)7-8-10-5-6-11-8/h8H,1-7H2. The van der Waals surface area contributed by atoms with Crippen LogP contribution in [0.3, 0.4) is 0 Å². The van der Waals surface area contributed by atoms with Gasteiger partial charge in [0, 0.05) is 6.54 Å². The van der Waals surface area contributed by atoms with Crippen molar-refractivity contribution < 1.29 is 9.47 Å². The van der Waals surface area contributed by atoms with Crippen molar-refractivity contribution in [3.05, 3.63) is 0 Å². The van der Waals surface area contributed by atoms with Gasteiger partial charge in [-0.25, -0.2) is 0 Å². The lowest BCUT2D eigenvalue weighted by atomic mass is 10.4. The van der Waals surface area contributed by atoms with Crippen LogP contribution in [0.5, 0.6) is 0 Å². The minimum absolute atomic E-state index is 0.0631. The zero-order valence-electron chi connectivity index (χ0n) is 6.79. The lowest BCUT2D eigenvalue weighted by molar-refractivity contribution is -0.0585. The largest absolute Gasteiger partial charge is 0.349 e. The molecule has 0 aromatic heterocycles. The highest BCUT2D eigenvalue weighted by atomic mass is 16.7. The summed E-state index contributed by atoms with van der Waals surface area (Å²) in [5, 5.41) is 0. The monoisotopic (exact) mass is 157 g/mol. The summed E-state index contributed by atoms with van der Waals surface area (Å²) >= 11 is 0. The second-order valence-electron chi connectivity index (χ2n) is 3.18. The number of ether oxygens (including phenoxy) is 2. The van der Waals surface area contributed by atoms with E-state index in [-0.39, 0.29) is 6.29 Å². The molecule has 0 bridgehead atoms. The van der Waals surface area contributed by atoms with Gasteiger partial charge in [-0.05, 0) is 25.9 Å². The maximum atomic E-state index is 5.35. The van der Waals surface area contributed by atoms with E-state index >= 15 is 0 Å². The van der Waals surface area contributed by atoms with Gasteiger partial charge >= 0.3 is 0 Å². The van der Waals surface area contributed by atoms with E-state index in [1.54, 1.807) is 0 Å². The topological polar surface area (TPSA) is 21.7 Å². The summed E-state index contributed by atoms with van der Waals surface area (Å²) in [5.41, 5.74) is 0. The van der Waals surface area contributed by atoms with Gasteiger partial charge < -0.3 is 9.47 Å². The zero-order valence-corrected chi connectivity index (χ0v) is 6.79. The molecule has 2 fully saturated rings. The number of likely N-dealkylation sites (tertiary alicyclic amines) is 1. The van der Waals surface area contributed by atoms with Crippen molar-refractivity contribution in [1.29, 1.82) is 0 Å². The van der Waals surface area contributed by atoms with Gasteiger partial charge in [-0.3, -0.25) is 4.90 Å². The molecule has 2 rings (SSSR count). The fourth-order valence-electron chi connectivity index (χ4n) is 1.69. The third kappa shape index (κ3) is 1.92. The van der Waals surface area contributed by atoms with Crippen LogP contribution in [0.4, 0.5) is 0 Å². The fourth-order valence-corrected chi connectivity index (χ4v) is 1.69. The van der Waals surface area contributed by atoms with Crippen molar-refractivity contribution >= 4 is 0 Å². The molecule has 3 heteroatoms. The molecule has 0 aliphatic carbocycles. The van der Waals surface area contributed by atoms with Gasteiger partial charge in [0.25, 0.3) is 0 Å². The summed E-state index contributed by atoms with van der Waals surface area (Å²) in [7, 11) is 0. The first kappa shape index (κ1) is 7.53. The molecule has 2 aliphatic rings. The first-order chi connectivity index (χ1) is 5.45. The molecule has 2 heterocycles. The van der Waals surface area contributed by atoms with Crippen LogP contribution in [0.1, 0.15) is 12.8 Å². The molecular weight excluding hydrogens is 142 g/mol. The number of rotatable bonds is 2. The average molecular weight is 157 g/mol. The smallest absolute Gasteiger partial charge is 0.170 e. The summed E-state index contributed by atoms with van der Waals surface area (Å²) in [6, 6.07) is 0. The summed E-state index contributed by atoms with van der Waals surface area (Å²) < 4.78 is 10.7. The van der Waals surface area contributed by atoms with Crippen molar-refractivity contribution in [1.82, 2.24) is 4.90 Å². The molecule has 0 radical (unpaired) electrons. The lowest BCUT2D eigenvalue weighted by Crippen LogP contribution is -2.30. The van der Waals surface area contributed by atoms with E-state index in [1.807, 2.05) is 0 Å². The normalized spacial score (nSPS) is 28.4. The molecule has 0 aromatic carbocycles. The second kappa shape index (κ2) is 3.52. The predicted molar refractivity (Wildman–Crippen MR) is 41.4 cm³/mol. The zero-order chi connectivity index (χ0) is 7.52. The maximum Gasteiger partial charge on any atom is 0.170 e. The Labute approximate surface area is 67.3 Å². The highest BCUT2D eigenvalue weighted by molar-refractivity contribution is 4.68. The molecule has 0 spiro atoms. The van der Waals surface area contributed by atoms with E-state index in [4.69, 9.17) is 9.47 Å². The van der Waals surface area contributed by atoms with Crippen LogP contribution >= 0.6 is 0 Å². The molecule has 0 amide bonds. The molecular formula is C8H15NO2. The van der Waals surface area contributed by atoms with Crippen LogP contribution in [0.2, 0.25) is 0 Å². The van der Waals surface area contributed by atoms with Crippen molar-refractivity contribution in [2.24, 2.45) is 0 Å². The van der Waals surface area contributed by atoms with Crippen LogP contribution in [-0.2, 0) is 9.47 Å². The molecule has 2 saturated heterocycles. The van der Waals surface area contributed by atoms with Crippen LogP contribution in [0.25, 0.3) is 0 Å². The Kier molecular flexibility index (Phi) is 2.41. The molecule has 0 N–H and O–H groups in total. The molecule has 0 unspecified atom stereocenters. The van der Waals surface area contributed by atoms with Crippen LogP contribution < -0.4 is 0 Å².